The molecule has 0 spiro atoms. The highest BCUT2D eigenvalue weighted by Gasteiger charge is 2.44. The van der Waals surface area contributed by atoms with Gasteiger partial charge in [-0.3, -0.25) is 34.7 Å². The molecule has 2 fully saturated rings. The van der Waals surface area contributed by atoms with Crippen LogP contribution >= 0.6 is 11.8 Å². The van der Waals surface area contributed by atoms with Gasteiger partial charge < -0.3 is 19.7 Å². The van der Waals surface area contributed by atoms with E-state index in [1.165, 1.54) is 60.4 Å². The second kappa shape index (κ2) is 14.6. The van der Waals surface area contributed by atoms with Crippen molar-refractivity contribution < 1.29 is 38.5 Å². The van der Waals surface area contributed by atoms with E-state index < -0.39 is 28.1 Å². The van der Waals surface area contributed by atoms with E-state index in [0.717, 1.165) is 11.8 Å². The van der Waals surface area contributed by atoms with Gasteiger partial charge in [-0.1, -0.05) is 11.8 Å². The maximum atomic E-state index is 13.5. The molecule has 2 aromatic rings. The zero-order valence-electron chi connectivity index (χ0n) is 23.8. The number of hydrogen-bond donors (Lipinski definition) is 1. The molecule has 2 heterocycles. The van der Waals surface area contributed by atoms with Crippen LogP contribution in [0.15, 0.2) is 48.5 Å². The van der Waals surface area contributed by atoms with E-state index in [4.69, 9.17) is 9.47 Å². The van der Waals surface area contributed by atoms with Crippen molar-refractivity contribution in [1.82, 2.24) is 15.1 Å². The van der Waals surface area contributed by atoms with E-state index in [2.05, 4.69) is 5.32 Å². The molecule has 15 nitrogen and oxygen atoms in total. The van der Waals surface area contributed by atoms with Crippen molar-refractivity contribution in [3.63, 3.8) is 0 Å². The first-order valence-corrected chi connectivity index (χ1v) is 14.6. The maximum absolute atomic E-state index is 13.5. The van der Waals surface area contributed by atoms with Gasteiger partial charge in [0.2, 0.25) is 5.91 Å². The normalized spacial score (nSPS) is 19.3. The summed E-state index contributed by atoms with van der Waals surface area (Å²) in [6, 6.07) is 10.4. The second-order valence-corrected chi connectivity index (χ2v) is 11.9. The van der Waals surface area contributed by atoms with Crippen LogP contribution < -0.4 is 5.32 Å². The molecule has 0 aliphatic carbocycles. The molecule has 234 valence electrons. The van der Waals surface area contributed by atoms with E-state index in [1.54, 1.807) is 4.90 Å². The summed E-state index contributed by atoms with van der Waals surface area (Å²) >= 11 is 1.07. The van der Waals surface area contributed by atoms with Crippen molar-refractivity contribution in [2.45, 2.75) is 44.3 Å². The highest BCUT2D eigenvalue weighted by atomic mass is 32.2. The maximum Gasteiger partial charge on any atom is 0.410 e. The Morgan fingerprint density at radius 2 is 1.48 bits per heavy atom. The third-order valence-corrected chi connectivity index (χ3v) is 8.28. The molecule has 16 heteroatoms. The van der Waals surface area contributed by atoms with Crippen molar-refractivity contribution in [2.75, 3.05) is 26.2 Å². The van der Waals surface area contributed by atoms with Gasteiger partial charge in [0.25, 0.3) is 11.4 Å². The van der Waals surface area contributed by atoms with Crippen LogP contribution in [0.4, 0.5) is 21.0 Å². The average Bonchev–Trinajstić information content (AvgIpc) is 3.65. The van der Waals surface area contributed by atoms with Gasteiger partial charge in [0.15, 0.2) is 5.12 Å². The van der Waals surface area contributed by atoms with Crippen molar-refractivity contribution in [2.24, 2.45) is 5.92 Å². The Labute approximate surface area is 256 Å². The Morgan fingerprint density at radius 1 is 0.909 bits per heavy atom. The number of amides is 3. The number of ether oxygens (including phenoxy) is 2. The van der Waals surface area contributed by atoms with Gasteiger partial charge in [0, 0.05) is 62.6 Å². The SMILES string of the molecule is CC(=O)S[C@H]1C[C@@H](C(=O)N2CC[C@@H](CNC(=O)OCc3ccc([N+](=O)[O-])cc3)C2)N(C(=O)OCc2ccc([N+](=O)[O-])cc2)C1. The van der Waals surface area contributed by atoms with Crippen LogP contribution in [0.2, 0.25) is 0 Å². The fourth-order valence-corrected chi connectivity index (χ4v) is 6.03. The van der Waals surface area contributed by atoms with Gasteiger partial charge in [-0.2, -0.15) is 0 Å². The number of carbonyl (C=O) groups excluding carboxylic acids is 4. The topological polar surface area (TPSA) is 192 Å². The van der Waals surface area contributed by atoms with Crippen LogP contribution in [0.1, 0.15) is 30.9 Å². The molecule has 0 bridgehead atoms. The molecule has 0 unspecified atom stereocenters. The number of rotatable bonds is 10. The second-order valence-electron chi connectivity index (χ2n) is 10.4. The quantitative estimate of drug-likeness (QED) is 0.298. The molecule has 3 atom stereocenters. The lowest BCUT2D eigenvalue weighted by atomic mass is 10.1. The fraction of sp³-hybridized carbons (Fsp3) is 0.429. The molecular formula is C28H31N5O10S. The molecule has 44 heavy (non-hydrogen) atoms. The van der Waals surface area contributed by atoms with Crippen LogP contribution in [-0.2, 0) is 32.3 Å². The third-order valence-electron chi connectivity index (χ3n) is 7.27. The molecule has 2 saturated heterocycles. The Morgan fingerprint density at radius 3 is 2.02 bits per heavy atom. The smallest absolute Gasteiger partial charge is 0.410 e. The first-order chi connectivity index (χ1) is 21.0. The number of likely N-dealkylation sites (tertiary alicyclic amines) is 2. The number of nitrogens with one attached hydrogen (secondary N) is 1. The van der Waals surface area contributed by atoms with Gasteiger partial charge in [-0.25, -0.2) is 9.59 Å². The minimum Gasteiger partial charge on any atom is -0.445 e. The standard InChI is InChI=1S/C28H31N5O10S/c1-18(34)44-24-12-25(31(15-24)28(37)43-17-20-4-8-23(9-5-20)33(40)41)26(35)30-11-10-21(14-30)13-29-27(36)42-16-19-2-6-22(7-3-19)32(38)39/h2-9,21,24-25H,10-17H2,1H3,(H,29,36)/t21-,24-,25-/m0/s1. The summed E-state index contributed by atoms with van der Waals surface area (Å²) < 4.78 is 10.6. The molecular weight excluding hydrogens is 598 g/mol. The number of nitro benzene ring substituents is 2. The first kappa shape index (κ1) is 32.2. The van der Waals surface area contributed by atoms with E-state index in [-0.39, 0.29) is 66.3 Å². The Hall–Kier alpha value is -4.73. The number of non-ortho nitro benzene ring substituents is 2. The zero-order valence-corrected chi connectivity index (χ0v) is 24.6. The summed E-state index contributed by atoms with van der Waals surface area (Å²) in [7, 11) is 0. The van der Waals surface area contributed by atoms with E-state index in [1.807, 2.05) is 0 Å². The Bertz CT molecular complexity index is 1400. The number of benzene rings is 2. The summed E-state index contributed by atoms with van der Waals surface area (Å²) in [6.45, 7) is 2.42. The monoisotopic (exact) mass is 629 g/mol. The van der Waals surface area contributed by atoms with Crippen LogP contribution in [0.5, 0.6) is 0 Å². The van der Waals surface area contributed by atoms with E-state index >= 15 is 0 Å². The number of alkyl carbamates (subject to hydrolysis) is 1. The summed E-state index contributed by atoms with van der Waals surface area (Å²) in [6.07, 6.45) is -0.474. The number of thioether (sulfide) groups is 1. The molecule has 2 aromatic carbocycles. The molecule has 4 rings (SSSR count). The van der Waals surface area contributed by atoms with Crippen LogP contribution in [0.25, 0.3) is 0 Å². The zero-order chi connectivity index (χ0) is 31.8. The highest BCUT2D eigenvalue weighted by Crippen LogP contribution is 2.31. The predicted octanol–water partition coefficient (Wildman–Crippen LogP) is 3.64. The fourth-order valence-electron chi connectivity index (χ4n) is 5.05. The van der Waals surface area contributed by atoms with Gasteiger partial charge >= 0.3 is 12.2 Å². The summed E-state index contributed by atoms with van der Waals surface area (Å²) in [5, 5.41) is 23.9. The van der Waals surface area contributed by atoms with Crippen molar-refractivity contribution in [1.29, 1.82) is 0 Å². The van der Waals surface area contributed by atoms with Crippen molar-refractivity contribution in [3.05, 3.63) is 79.9 Å². The molecule has 0 aromatic heterocycles. The summed E-state index contributed by atoms with van der Waals surface area (Å²) in [4.78, 5) is 74.1. The lowest BCUT2D eigenvalue weighted by molar-refractivity contribution is -0.385. The third kappa shape index (κ3) is 8.65. The average molecular weight is 630 g/mol. The van der Waals surface area contributed by atoms with Crippen LogP contribution in [0, 0.1) is 26.1 Å². The van der Waals surface area contributed by atoms with Crippen LogP contribution in [0.3, 0.4) is 0 Å². The first-order valence-electron chi connectivity index (χ1n) is 13.8. The number of carbonyl (C=O) groups is 4. The summed E-state index contributed by atoms with van der Waals surface area (Å²) in [5.41, 5.74) is 0.984. The van der Waals surface area contributed by atoms with Crippen LogP contribution in [-0.4, -0.2) is 80.3 Å². The lowest BCUT2D eigenvalue weighted by Crippen LogP contribution is -2.47. The minimum atomic E-state index is -0.824. The van der Waals surface area contributed by atoms with E-state index in [9.17, 15) is 39.4 Å². The van der Waals surface area contributed by atoms with Crippen molar-refractivity contribution >= 4 is 46.3 Å². The molecule has 2 aliphatic rings. The van der Waals surface area contributed by atoms with E-state index in [0.29, 0.717) is 30.6 Å². The summed E-state index contributed by atoms with van der Waals surface area (Å²) in [5.74, 6) is -0.315. The molecule has 1 N–H and O–H groups in total. The molecule has 0 saturated carbocycles. The minimum absolute atomic E-state index is 0.0443. The Kier molecular flexibility index (Phi) is 10.7. The van der Waals surface area contributed by atoms with Gasteiger partial charge in [0.1, 0.15) is 19.3 Å². The molecule has 3 amide bonds. The number of nitrogens with zero attached hydrogens (tertiary/aromatic N) is 4. The molecule has 0 radical (unpaired) electrons. The Balaban J connectivity index is 1.27. The van der Waals surface area contributed by atoms with Gasteiger partial charge in [-0.15, -0.1) is 0 Å². The number of nitro groups is 2. The van der Waals surface area contributed by atoms with Gasteiger partial charge in [-0.05, 0) is 54.2 Å². The predicted molar refractivity (Wildman–Crippen MR) is 156 cm³/mol. The van der Waals surface area contributed by atoms with Gasteiger partial charge in [0.05, 0.1) is 9.85 Å². The number of hydrogen-bond acceptors (Lipinski definition) is 11. The molecule has 2 aliphatic heterocycles. The largest absolute Gasteiger partial charge is 0.445 e. The lowest BCUT2D eigenvalue weighted by Gasteiger charge is -2.27. The van der Waals surface area contributed by atoms with Crippen molar-refractivity contribution in [3.8, 4) is 0 Å². The highest BCUT2D eigenvalue weighted by molar-refractivity contribution is 8.14.